The molecule has 1 rings (SSSR count). The van der Waals surface area contributed by atoms with Gasteiger partial charge in [-0.1, -0.05) is 13.8 Å². The van der Waals surface area contributed by atoms with E-state index in [0.717, 1.165) is 19.4 Å². The fraction of sp³-hybridized carbons (Fsp3) is 0.692. The largest absolute Gasteiger partial charge is 0.480 e. The smallest absolute Gasteiger partial charge is 0.258 e. The molecule has 0 spiro atoms. The van der Waals surface area contributed by atoms with Crippen molar-refractivity contribution in [1.82, 2.24) is 15.1 Å². The van der Waals surface area contributed by atoms with Gasteiger partial charge in [0, 0.05) is 12.1 Å². The maximum atomic E-state index is 11.7. The molecule has 5 heteroatoms. The fourth-order valence-electron chi connectivity index (χ4n) is 1.42. The Balaban J connectivity index is 2.37. The Morgan fingerprint density at radius 3 is 2.83 bits per heavy atom. The van der Waals surface area contributed by atoms with Crippen LogP contribution in [0, 0.1) is 0 Å². The average Bonchev–Trinajstić information content (AvgIpc) is 2.74. The fourth-order valence-corrected chi connectivity index (χ4v) is 1.42. The molecule has 1 heterocycles. The van der Waals surface area contributed by atoms with Crippen molar-refractivity contribution >= 4 is 5.91 Å². The molecule has 102 valence electrons. The molecule has 18 heavy (non-hydrogen) atoms. The zero-order valence-corrected chi connectivity index (χ0v) is 11.7. The molecule has 0 bridgehead atoms. The van der Waals surface area contributed by atoms with Gasteiger partial charge in [0.15, 0.2) is 12.4 Å². The Hall–Kier alpha value is -1.52. The second-order valence-corrected chi connectivity index (χ2v) is 5.01. The van der Waals surface area contributed by atoms with Crippen LogP contribution in [-0.2, 0) is 11.3 Å². The maximum absolute atomic E-state index is 11.7. The summed E-state index contributed by atoms with van der Waals surface area (Å²) >= 11 is 0. The number of nitrogens with zero attached hydrogens (tertiary/aromatic N) is 2. The number of ether oxygens (including phenoxy) is 1. The number of carbonyl (C=O) groups is 1. The van der Waals surface area contributed by atoms with Crippen LogP contribution in [0.1, 0.15) is 40.5 Å². The van der Waals surface area contributed by atoms with Gasteiger partial charge in [0.25, 0.3) is 5.91 Å². The predicted octanol–water partition coefficient (Wildman–Crippen LogP) is 1.98. The minimum absolute atomic E-state index is 0.0290. The van der Waals surface area contributed by atoms with E-state index in [1.807, 2.05) is 31.6 Å². The van der Waals surface area contributed by atoms with Gasteiger partial charge in [-0.2, -0.15) is 5.10 Å². The van der Waals surface area contributed by atoms with Gasteiger partial charge in [-0.3, -0.25) is 9.48 Å². The Morgan fingerprint density at radius 1 is 1.50 bits per heavy atom. The first kappa shape index (κ1) is 14.5. The van der Waals surface area contributed by atoms with Gasteiger partial charge in [-0.25, -0.2) is 0 Å². The van der Waals surface area contributed by atoms with Gasteiger partial charge >= 0.3 is 0 Å². The average molecular weight is 253 g/mol. The second-order valence-electron chi connectivity index (χ2n) is 5.01. The molecule has 0 unspecified atom stereocenters. The molecule has 0 aliphatic rings. The predicted molar refractivity (Wildman–Crippen MR) is 70.5 cm³/mol. The maximum Gasteiger partial charge on any atom is 0.258 e. The van der Waals surface area contributed by atoms with E-state index in [9.17, 15) is 4.79 Å². The molecular formula is C13H23N3O2. The summed E-state index contributed by atoms with van der Waals surface area (Å²) in [5, 5.41) is 7.05. The van der Waals surface area contributed by atoms with Gasteiger partial charge in [-0.05, 0) is 26.7 Å². The Bertz CT molecular complexity index is 385. The normalized spacial score (nSPS) is 11.3. The second kappa shape index (κ2) is 6.42. The van der Waals surface area contributed by atoms with E-state index in [2.05, 4.69) is 17.3 Å². The molecule has 0 saturated heterocycles. The Labute approximate surface area is 109 Å². The van der Waals surface area contributed by atoms with Gasteiger partial charge in [-0.15, -0.1) is 0 Å². The van der Waals surface area contributed by atoms with Gasteiger partial charge in [0.05, 0.1) is 12.4 Å². The monoisotopic (exact) mass is 253 g/mol. The number of hydrogen-bond donors (Lipinski definition) is 1. The summed E-state index contributed by atoms with van der Waals surface area (Å²) < 4.78 is 7.20. The van der Waals surface area contributed by atoms with Crippen molar-refractivity contribution in [3.8, 4) is 5.75 Å². The number of amides is 1. The molecule has 1 amide bonds. The molecule has 1 aromatic heterocycles. The van der Waals surface area contributed by atoms with Crippen LogP contribution in [0.2, 0.25) is 0 Å². The highest BCUT2D eigenvalue weighted by Gasteiger charge is 2.17. The van der Waals surface area contributed by atoms with Crippen LogP contribution in [0.3, 0.4) is 0 Å². The SMILES string of the molecule is CCCn1cc(OCC(=O)NC(C)(C)CC)cn1. The number of aryl methyl sites for hydroxylation is 1. The standard InChI is InChI=1S/C13H23N3O2/c1-5-7-16-9-11(8-14-16)18-10-12(17)15-13(3,4)6-2/h8-9H,5-7,10H2,1-4H3,(H,15,17). The quantitative estimate of drug-likeness (QED) is 0.808. The summed E-state index contributed by atoms with van der Waals surface area (Å²) in [6.07, 6.45) is 5.34. The summed E-state index contributed by atoms with van der Waals surface area (Å²) in [6, 6.07) is 0. The zero-order valence-electron chi connectivity index (χ0n) is 11.7. The van der Waals surface area contributed by atoms with Crippen molar-refractivity contribution in [2.24, 2.45) is 0 Å². The molecule has 0 aliphatic carbocycles. The van der Waals surface area contributed by atoms with Crippen molar-refractivity contribution in [3.05, 3.63) is 12.4 Å². The van der Waals surface area contributed by atoms with E-state index in [1.54, 1.807) is 6.20 Å². The first-order valence-electron chi connectivity index (χ1n) is 6.43. The van der Waals surface area contributed by atoms with Crippen LogP contribution < -0.4 is 10.1 Å². The number of rotatable bonds is 7. The summed E-state index contributed by atoms with van der Waals surface area (Å²) in [7, 11) is 0. The van der Waals surface area contributed by atoms with Crippen LogP contribution >= 0.6 is 0 Å². The lowest BCUT2D eigenvalue weighted by Crippen LogP contribution is -2.44. The summed E-state index contributed by atoms with van der Waals surface area (Å²) in [5.41, 5.74) is -0.188. The molecule has 5 nitrogen and oxygen atoms in total. The molecule has 0 saturated carbocycles. The lowest BCUT2D eigenvalue weighted by molar-refractivity contribution is -0.124. The molecule has 0 aromatic carbocycles. The summed E-state index contributed by atoms with van der Waals surface area (Å²) in [5.74, 6) is 0.526. The van der Waals surface area contributed by atoms with Crippen LogP contribution in [0.4, 0.5) is 0 Å². The minimum Gasteiger partial charge on any atom is -0.480 e. The molecule has 0 atom stereocenters. The molecular weight excluding hydrogens is 230 g/mol. The number of aromatic nitrogens is 2. The van der Waals surface area contributed by atoms with Gasteiger partial charge in [0.2, 0.25) is 0 Å². The molecule has 0 aliphatic heterocycles. The number of carbonyl (C=O) groups excluding carboxylic acids is 1. The summed E-state index contributed by atoms with van der Waals surface area (Å²) in [4.78, 5) is 11.7. The number of nitrogens with one attached hydrogen (secondary N) is 1. The molecule has 1 aromatic rings. The lowest BCUT2D eigenvalue weighted by Gasteiger charge is -2.24. The van der Waals surface area contributed by atoms with Crippen LogP contribution in [0.15, 0.2) is 12.4 Å². The first-order valence-corrected chi connectivity index (χ1v) is 6.43. The third-order valence-corrected chi connectivity index (χ3v) is 2.79. The first-order chi connectivity index (χ1) is 8.46. The van der Waals surface area contributed by atoms with E-state index in [4.69, 9.17) is 4.74 Å². The van der Waals surface area contributed by atoms with Crippen LogP contribution in [-0.4, -0.2) is 27.8 Å². The van der Waals surface area contributed by atoms with E-state index >= 15 is 0 Å². The zero-order chi connectivity index (χ0) is 13.6. The van der Waals surface area contributed by atoms with E-state index in [0.29, 0.717) is 5.75 Å². The van der Waals surface area contributed by atoms with Crippen molar-refractivity contribution in [3.63, 3.8) is 0 Å². The van der Waals surface area contributed by atoms with Crippen molar-refractivity contribution in [2.45, 2.75) is 52.6 Å². The van der Waals surface area contributed by atoms with Crippen molar-refractivity contribution < 1.29 is 9.53 Å². The van der Waals surface area contributed by atoms with E-state index < -0.39 is 0 Å². The lowest BCUT2D eigenvalue weighted by atomic mass is 10.0. The topological polar surface area (TPSA) is 56.1 Å². The Kier molecular flexibility index (Phi) is 5.19. The van der Waals surface area contributed by atoms with E-state index in [-0.39, 0.29) is 18.1 Å². The van der Waals surface area contributed by atoms with Crippen molar-refractivity contribution in [1.29, 1.82) is 0 Å². The highest BCUT2D eigenvalue weighted by atomic mass is 16.5. The van der Waals surface area contributed by atoms with Crippen LogP contribution in [0.25, 0.3) is 0 Å². The summed E-state index contributed by atoms with van der Waals surface area (Å²) in [6.45, 7) is 8.99. The highest BCUT2D eigenvalue weighted by Crippen LogP contribution is 2.09. The van der Waals surface area contributed by atoms with Gasteiger partial charge < -0.3 is 10.1 Å². The third-order valence-electron chi connectivity index (χ3n) is 2.79. The van der Waals surface area contributed by atoms with Gasteiger partial charge in [0.1, 0.15) is 0 Å². The highest BCUT2D eigenvalue weighted by molar-refractivity contribution is 5.78. The van der Waals surface area contributed by atoms with E-state index in [1.165, 1.54) is 0 Å². The third kappa shape index (κ3) is 4.77. The molecule has 1 N–H and O–H groups in total. The number of hydrogen-bond acceptors (Lipinski definition) is 3. The molecule has 0 fully saturated rings. The molecule has 0 radical (unpaired) electrons. The van der Waals surface area contributed by atoms with Crippen molar-refractivity contribution in [2.75, 3.05) is 6.61 Å². The Morgan fingerprint density at radius 2 is 2.22 bits per heavy atom. The van der Waals surface area contributed by atoms with Crippen LogP contribution in [0.5, 0.6) is 5.75 Å². The minimum atomic E-state index is -0.188.